The van der Waals surface area contributed by atoms with Crippen LogP contribution in [0.3, 0.4) is 0 Å². The molecule has 0 aliphatic heterocycles. The lowest BCUT2D eigenvalue weighted by Crippen LogP contribution is -2.30. The van der Waals surface area contributed by atoms with Crippen LogP contribution in [0.5, 0.6) is 0 Å². The van der Waals surface area contributed by atoms with E-state index in [0.717, 1.165) is 5.56 Å². The van der Waals surface area contributed by atoms with Crippen molar-refractivity contribution in [1.29, 1.82) is 0 Å². The first-order valence-corrected chi connectivity index (χ1v) is 9.02. The minimum atomic E-state index is 0.0187. The minimum absolute atomic E-state index is 0.0187. The summed E-state index contributed by atoms with van der Waals surface area (Å²) in [4.78, 5) is 16.8. The highest BCUT2D eigenvalue weighted by atomic mass is 16.5. The maximum Gasteiger partial charge on any atom is 0.227 e. The molecule has 5 nitrogen and oxygen atoms in total. The van der Waals surface area contributed by atoms with Gasteiger partial charge in [0.15, 0.2) is 0 Å². The van der Waals surface area contributed by atoms with Crippen LogP contribution in [0.2, 0.25) is 0 Å². The third-order valence-corrected chi connectivity index (χ3v) is 4.63. The number of aromatic nitrogens is 2. The summed E-state index contributed by atoms with van der Waals surface area (Å²) in [7, 11) is 0. The Kier molecular flexibility index (Phi) is 4.78. The van der Waals surface area contributed by atoms with Crippen molar-refractivity contribution in [3.8, 4) is 11.4 Å². The van der Waals surface area contributed by atoms with E-state index in [2.05, 4.69) is 27.6 Å². The second-order valence-electron chi connectivity index (χ2n) is 6.67. The van der Waals surface area contributed by atoms with Crippen LogP contribution in [0.25, 0.3) is 11.4 Å². The quantitative estimate of drug-likeness (QED) is 0.703. The Bertz CT molecular complexity index is 857. The molecule has 1 amide bonds. The van der Waals surface area contributed by atoms with E-state index in [1.165, 1.54) is 18.4 Å². The maximum absolute atomic E-state index is 12.4. The van der Waals surface area contributed by atoms with Crippen LogP contribution in [-0.4, -0.2) is 16.0 Å². The first-order chi connectivity index (χ1) is 12.8. The number of carbonyl (C=O) groups is 1. The van der Waals surface area contributed by atoms with E-state index >= 15 is 0 Å². The number of nitrogens with zero attached hydrogens (tertiary/aromatic N) is 2. The van der Waals surface area contributed by atoms with Crippen LogP contribution in [0.15, 0.2) is 65.2 Å². The maximum atomic E-state index is 12.4. The van der Waals surface area contributed by atoms with Crippen molar-refractivity contribution < 1.29 is 9.32 Å². The van der Waals surface area contributed by atoms with Gasteiger partial charge in [-0.2, -0.15) is 4.98 Å². The molecule has 1 atom stereocenters. The van der Waals surface area contributed by atoms with Gasteiger partial charge in [0.1, 0.15) is 0 Å². The number of benzene rings is 2. The summed E-state index contributed by atoms with van der Waals surface area (Å²) in [6.07, 6.45) is 3.12. The van der Waals surface area contributed by atoms with Gasteiger partial charge >= 0.3 is 0 Å². The zero-order valence-electron chi connectivity index (χ0n) is 14.5. The molecule has 0 radical (unpaired) electrons. The number of amides is 1. The molecular formula is C21H21N3O2. The molecule has 1 N–H and O–H groups in total. The zero-order valence-corrected chi connectivity index (χ0v) is 14.5. The molecule has 4 rings (SSSR count). The summed E-state index contributed by atoms with van der Waals surface area (Å²) in [5.74, 6) is 1.61. The lowest BCUT2D eigenvalue weighted by atomic mass is 10.0. The zero-order chi connectivity index (χ0) is 17.8. The molecule has 1 heterocycles. The molecule has 1 saturated carbocycles. The standard InChI is InChI=1S/C21H21N3O2/c25-18(22-20(16-11-12-16)15-7-3-1-4-8-15)13-14-19-23-21(24-26-19)17-9-5-2-6-10-17/h1-10,16,20H,11-14H2,(H,22,25). The molecule has 1 aliphatic rings. The lowest BCUT2D eigenvalue weighted by molar-refractivity contribution is -0.122. The second-order valence-corrected chi connectivity index (χ2v) is 6.67. The second kappa shape index (κ2) is 7.52. The van der Waals surface area contributed by atoms with Gasteiger partial charge in [-0.05, 0) is 24.3 Å². The number of aryl methyl sites for hydroxylation is 1. The molecule has 1 aliphatic carbocycles. The van der Waals surface area contributed by atoms with Crippen molar-refractivity contribution in [2.24, 2.45) is 5.92 Å². The lowest BCUT2D eigenvalue weighted by Gasteiger charge is -2.18. The summed E-state index contributed by atoms with van der Waals surface area (Å²) in [6.45, 7) is 0. The van der Waals surface area contributed by atoms with Gasteiger partial charge in [0.2, 0.25) is 17.6 Å². The average molecular weight is 347 g/mol. The number of nitrogens with one attached hydrogen (secondary N) is 1. The fourth-order valence-corrected chi connectivity index (χ4v) is 3.09. The van der Waals surface area contributed by atoms with Crippen LogP contribution in [0.4, 0.5) is 0 Å². The van der Waals surface area contributed by atoms with Gasteiger partial charge in [0, 0.05) is 18.4 Å². The molecule has 132 valence electrons. The summed E-state index contributed by atoms with van der Waals surface area (Å²) < 4.78 is 5.28. The molecule has 2 aromatic carbocycles. The minimum Gasteiger partial charge on any atom is -0.349 e. The highest BCUT2D eigenvalue weighted by Gasteiger charge is 2.33. The third-order valence-electron chi connectivity index (χ3n) is 4.63. The van der Waals surface area contributed by atoms with Crippen molar-refractivity contribution in [2.75, 3.05) is 0 Å². The number of carbonyl (C=O) groups excluding carboxylic acids is 1. The van der Waals surface area contributed by atoms with Crippen molar-refractivity contribution in [3.05, 3.63) is 72.1 Å². The Hall–Kier alpha value is -2.95. The SMILES string of the molecule is O=C(CCc1nc(-c2ccccc2)no1)NC(c1ccccc1)C1CC1. The third kappa shape index (κ3) is 3.99. The first kappa shape index (κ1) is 16.5. The Morgan fingerprint density at radius 1 is 1.08 bits per heavy atom. The molecule has 5 heteroatoms. The van der Waals surface area contributed by atoms with E-state index in [-0.39, 0.29) is 11.9 Å². The van der Waals surface area contributed by atoms with Gasteiger partial charge < -0.3 is 9.84 Å². The molecule has 26 heavy (non-hydrogen) atoms. The Morgan fingerprint density at radius 2 is 1.77 bits per heavy atom. The van der Waals surface area contributed by atoms with Crippen LogP contribution < -0.4 is 5.32 Å². The Balaban J connectivity index is 1.35. The highest BCUT2D eigenvalue weighted by Crippen LogP contribution is 2.40. The largest absolute Gasteiger partial charge is 0.349 e. The van der Waals surface area contributed by atoms with Gasteiger partial charge in [-0.3, -0.25) is 4.79 Å². The fourth-order valence-electron chi connectivity index (χ4n) is 3.09. The topological polar surface area (TPSA) is 68.0 Å². The van der Waals surface area contributed by atoms with Crippen molar-refractivity contribution in [1.82, 2.24) is 15.5 Å². The van der Waals surface area contributed by atoms with E-state index in [9.17, 15) is 4.79 Å². The van der Waals surface area contributed by atoms with Gasteiger partial charge in [-0.25, -0.2) is 0 Å². The molecule has 1 aromatic heterocycles. The summed E-state index contributed by atoms with van der Waals surface area (Å²) in [5.41, 5.74) is 2.08. The van der Waals surface area contributed by atoms with Crippen molar-refractivity contribution in [2.45, 2.75) is 31.7 Å². The molecule has 0 spiro atoms. The van der Waals surface area contributed by atoms with E-state index in [1.54, 1.807) is 0 Å². The van der Waals surface area contributed by atoms with E-state index in [0.29, 0.717) is 30.5 Å². The van der Waals surface area contributed by atoms with Crippen molar-refractivity contribution >= 4 is 5.91 Å². The average Bonchev–Trinajstić information content (AvgIpc) is 3.42. The van der Waals surface area contributed by atoms with Gasteiger partial charge in [-0.1, -0.05) is 65.8 Å². The predicted octanol–water partition coefficient (Wildman–Crippen LogP) is 3.94. The van der Waals surface area contributed by atoms with Crippen LogP contribution in [0, 0.1) is 5.92 Å². The first-order valence-electron chi connectivity index (χ1n) is 9.02. The van der Waals surface area contributed by atoms with Gasteiger partial charge in [0.05, 0.1) is 6.04 Å². The highest BCUT2D eigenvalue weighted by molar-refractivity contribution is 5.76. The van der Waals surface area contributed by atoms with E-state index in [4.69, 9.17) is 4.52 Å². The number of hydrogen-bond donors (Lipinski definition) is 1. The molecule has 1 unspecified atom stereocenters. The molecule has 1 fully saturated rings. The van der Waals surface area contributed by atoms with Crippen LogP contribution in [-0.2, 0) is 11.2 Å². The summed E-state index contributed by atoms with van der Waals surface area (Å²) in [6, 6.07) is 19.9. The van der Waals surface area contributed by atoms with Crippen LogP contribution in [0.1, 0.15) is 36.8 Å². The van der Waals surface area contributed by atoms with E-state index in [1.807, 2.05) is 48.5 Å². The van der Waals surface area contributed by atoms with Crippen molar-refractivity contribution in [3.63, 3.8) is 0 Å². The monoisotopic (exact) mass is 347 g/mol. The van der Waals surface area contributed by atoms with Crippen LogP contribution >= 0.6 is 0 Å². The molecule has 0 saturated heterocycles. The molecule has 3 aromatic rings. The summed E-state index contributed by atoms with van der Waals surface area (Å²) in [5, 5.41) is 7.17. The number of hydrogen-bond acceptors (Lipinski definition) is 4. The number of rotatable bonds is 7. The van der Waals surface area contributed by atoms with E-state index < -0.39 is 0 Å². The fraction of sp³-hybridized carbons (Fsp3) is 0.286. The Morgan fingerprint density at radius 3 is 2.46 bits per heavy atom. The molecular weight excluding hydrogens is 326 g/mol. The Labute approximate surface area is 152 Å². The van der Waals surface area contributed by atoms with Gasteiger partial charge in [0.25, 0.3) is 0 Å². The smallest absolute Gasteiger partial charge is 0.227 e. The summed E-state index contributed by atoms with van der Waals surface area (Å²) >= 11 is 0. The predicted molar refractivity (Wildman–Crippen MR) is 98.1 cm³/mol. The molecule has 0 bridgehead atoms. The normalized spacial score (nSPS) is 14.8. The van der Waals surface area contributed by atoms with Gasteiger partial charge in [-0.15, -0.1) is 0 Å².